The summed E-state index contributed by atoms with van der Waals surface area (Å²) in [5, 5.41) is 4.36. The second kappa shape index (κ2) is 6.95. The van der Waals surface area contributed by atoms with Gasteiger partial charge in [-0.1, -0.05) is 12.1 Å². The molecule has 2 heterocycles. The van der Waals surface area contributed by atoms with Crippen LogP contribution >= 0.6 is 0 Å². The van der Waals surface area contributed by atoms with Crippen molar-refractivity contribution in [2.75, 3.05) is 19.7 Å². The van der Waals surface area contributed by atoms with Gasteiger partial charge in [0, 0.05) is 12.2 Å². The lowest BCUT2D eigenvalue weighted by Gasteiger charge is -2.31. The van der Waals surface area contributed by atoms with Gasteiger partial charge in [0.15, 0.2) is 17.6 Å². The van der Waals surface area contributed by atoms with E-state index in [9.17, 15) is 4.79 Å². The minimum Gasteiger partial charge on any atom is -0.486 e. The molecule has 3 rings (SSSR count). The van der Waals surface area contributed by atoms with Crippen LogP contribution in [0.2, 0.25) is 0 Å². The zero-order valence-corrected chi connectivity index (χ0v) is 14.4. The summed E-state index contributed by atoms with van der Waals surface area (Å²) in [4.78, 5) is 14.4. The van der Waals surface area contributed by atoms with E-state index in [2.05, 4.69) is 5.10 Å². The quantitative estimate of drug-likeness (QED) is 0.844. The highest BCUT2D eigenvalue weighted by Crippen LogP contribution is 2.31. The molecular formula is C18H23N3O3. The number of amides is 1. The third-order valence-corrected chi connectivity index (χ3v) is 4.11. The van der Waals surface area contributed by atoms with E-state index in [0.717, 1.165) is 22.9 Å². The lowest BCUT2D eigenvalue weighted by molar-refractivity contribution is -0.133. The number of aromatic nitrogens is 2. The maximum atomic E-state index is 12.6. The van der Waals surface area contributed by atoms with Crippen LogP contribution in [0.1, 0.15) is 18.3 Å². The lowest BCUT2D eigenvalue weighted by atomic mass is 10.2. The van der Waals surface area contributed by atoms with Gasteiger partial charge in [-0.05, 0) is 39.0 Å². The molecule has 0 saturated carbocycles. The molecule has 0 radical (unpaired) electrons. The fourth-order valence-corrected chi connectivity index (χ4v) is 2.87. The molecule has 0 bridgehead atoms. The molecule has 1 aromatic heterocycles. The lowest BCUT2D eigenvalue weighted by Crippen LogP contribution is -2.44. The normalized spacial score (nSPS) is 16.0. The van der Waals surface area contributed by atoms with Gasteiger partial charge in [-0.2, -0.15) is 5.10 Å². The minimum atomic E-state index is -0.163. The van der Waals surface area contributed by atoms with Gasteiger partial charge >= 0.3 is 0 Å². The Morgan fingerprint density at radius 2 is 2.08 bits per heavy atom. The summed E-state index contributed by atoms with van der Waals surface area (Å²) in [6, 6.07) is 9.57. The first-order valence-electron chi connectivity index (χ1n) is 8.24. The van der Waals surface area contributed by atoms with Crippen LogP contribution in [0.5, 0.6) is 11.5 Å². The van der Waals surface area contributed by atoms with E-state index < -0.39 is 0 Å². The molecule has 1 amide bonds. The number of nitrogens with zero attached hydrogens (tertiary/aromatic N) is 3. The molecule has 128 valence electrons. The summed E-state index contributed by atoms with van der Waals surface area (Å²) >= 11 is 0. The molecule has 0 aliphatic carbocycles. The number of carbonyl (C=O) groups excluding carboxylic acids is 1. The molecule has 24 heavy (non-hydrogen) atoms. The summed E-state index contributed by atoms with van der Waals surface area (Å²) in [5.74, 6) is 1.52. The Kier molecular flexibility index (Phi) is 4.74. The number of aryl methyl sites for hydroxylation is 2. The third kappa shape index (κ3) is 3.53. The number of carbonyl (C=O) groups is 1. The van der Waals surface area contributed by atoms with Crippen molar-refractivity contribution in [2.45, 2.75) is 33.4 Å². The van der Waals surface area contributed by atoms with Crippen molar-refractivity contribution in [1.82, 2.24) is 14.7 Å². The fourth-order valence-electron chi connectivity index (χ4n) is 2.87. The first-order valence-corrected chi connectivity index (χ1v) is 8.24. The Hall–Kier alpha value is -2.50. The molecule has 1 aliphatic heterocycles. The Labute approximate surface area is 142 Å². The van der Waals surface area contributed by atoms with Crippen molar-refractivity contribution in [2.24, 2.45) is 0 Å². The molecule has 0 saturated heterocycles. The molecule has 6 nitrogen and oxygen atoms in total. The van der Waals surface area contributed by atoms with Crippen molar-refractivity contribution in [3.63, 3.8) is 0 Å². The van der Waals surface area contributed by atoms with E-state index in [4.69, 9.17) is 9.47 Å². The van der Waals surface area contributed by atoms with Crippen molar-refractivity contribution in [1.29, 1.82) is 0 Å². The first kappa shape index (κ1) is 16.4. The predicted octanol–water partition coefficient (Wildman–Crippen LogP) is 2.19. The summed E-state index contributed by atoms with van der Waals surface area (Å²) < 4.78 is 13.4. The summed E-state index contributed by atoms with van der Waals surface area (Å²) in [6.07, 6.45) is -0.163. The molecule has 0 fully saturated rings. The van der Waals surface area contributed by atoms with Gasteiger partial charge in [-0.3, -0.25) is 9.48 Å². The number of benzene rings is 1. The van der Waals surface area contributed by atoms with Crippen LogP contribution in [0.25, 0.3) is 0 Å². The van der Waals surface area contributed by atoms with Crippen molar-refractivity contribution >= 4 is 5.91 Å². The minimum absolute atomic E-state index is 0.0335. The highest BCUT2D eigenvalue weighted by atomic mass is 16.6. The maximum Gasteiger partial charge on any atom is 0.244 e. The highest BCUT2D eigenvalue weighted by molar-refractivity contribution is 5.76. The van der Waals surface area contributed by atoms with Crippen LogP contribution < -0.4 is 9.47 Å². The molecule has 1 atom stereocenters. The first-order chi connectivity index (χ1) is 11.6. The number of hydrogen-bond acceptors (Lipinski definition) is 4. The van der Waals surface area contributed by atoms with Crippen molar-refractivity contribution in [3.8, 4) is 11.5 Å². The molecule has 2 aromatic rings. The summed E-state index contributed by atoms with van der Waals surface area (Å²) in [6.45, 7) is 7.67. The third-order valence-electron chi connectivity index (χ3n) is 4.11. The molecule has 0 spiro atoms. The van der Waals surface area contributed by atoms with Crippen LogP contribution in [0.3, 0.4) is 0 Å². The van der Waals surface area contributed by atoms with Gasteiger partial charge < -0.3 is 14.4 Å². The van der Waals surface area contributed by atoms with Crippen LogP contribution in [0.4, 0.5) is 0 Å². The van der Waals surface area contributed by atoms with Gasteiger partial charge in [0.25, 0.3) is 0 Å². The molecule has 1 aromatic carbocycles. The zero-order valence-electron chi connectivity index (χ0n) is 14.4. The molecule has 1 aliphatic rings. The van der Waals surface area contributed by atoms with E-state index in [0.29, 0.717) is 19.7 Å². The van der Waals surface area contributed by atoms with Crippen molar-refractivity contribution < 1.29 is 14.3 Å². The molecule has 6 heteroatoms. The van der Waals surface area contributed by atoms with Gasteiger partial charge in [-0.25, -0.2) is 0 Å². The van der Waals surface area contributed by atoms with Crippen LogP contribution in [0, 0.1) is 13.8 Å². The van der Waals surface area contributed by atoms with E-state index in [-0.39, 0.29) is 18.6 Å². The smallest absolute Gasteiger partial charge is 0.244 e. The Bertz CT molecular complexity index is 726. The molecule has 0 unspecified atom stereocenters. The van der Waals surface area contributed by atoms with E-state index >= 15 is 0 Å². The highest BCUT2D eigenvalue weighted by Gasteiger charge is 2.25. The second-order valence-corrected chi connectivity index (χ2v) is 6.01. The van der Waals surface area contributed by atoms with Gasteiger partial charge in [0.05, 0.1) is 12.2 Å². The Morgan fingerprint density at radius 1 is 1.33 bits per heavy atom. The number of ether oxygens (including phenoxy) is 2. The largest absolute Gasteiger partial charge is 0.486 e. The predicted molar refractivity (Wildman–Crippen MR) is 90.3 cm³/mol. The standard InChI is InChI=1S/C18H23N3O3/c1-4-20(18(22)11-21-14(3)9-13(2)19-21)10-15-12-23-16-7-5-6-8-17(16)24-15/h5-9,15H,4,10-12H2,1-3H3/t15-/m1/s1. The van der Waals surface area contributed by atoms with E-state index in [1.165, 1.54) is 0 Å². The van der Waals surface area contributed by atoms with E-state index in [1.54, 1.807) is 9.58 Å². The van der Waals surface area contributed by atoms with Crippen LogP contribution in [0.15, 0.2) is 30.3 Å². The second-order valence-electron chi connectivity index (χ2n) is 6.01. The van der Waals surface area contributed by atoms with Gasteiger partial charge in [0.2, 0.25) is 5.91 Å². The number of rotatable bonds is 5. The number of hydrogen-bond donors (Lipinski definition) is 0. The van der Waals surface area contributed by atoms with Gasteiger partial charge in [0.1, 0.15) is 13.2 Å². The summed E-state index contributed by atoms with van der Waals surface area (Å²) in [7, 11) is 0. The number of fused-ring (bicyclic) bond motifs is 1. The van der Waals surface area contributed by atoms with Crippen LogP contribution in [-0.2, 0) is 11.3 Å². The SMILES string of the molecule is CCN(C[C@@H]1COc2ccccc2O1)C(=O)Cn1nc(C)cc1C. The number of likely N-dealkylation sites (N-methyl/N-ethyl adjacent to an activating group) is 1. The Balaban J connectivity index is 1.62. The van der Waals surface area contributed by atoms with E-state index in [1.807, 2.05) is 51.1 Å². The average molecular weight is 329 g/mol. The average Bonchev–Trinajstić information content (AvgIpc) is 2.89. The van der Waals surface area contributed by atoms with Crippen LogP contribution in [-0.4, -0.2) is 46.4 Å². The fraction of sp³-hybridized carbons (Fsp3) is 0.444. The monoisotopic (exact) mass is 329 g/mol. The zero-order chi connectivity index (χ0) is 17.1. The summed E-state index contributed by atoms with van der Waals surface area (Å²) in [5.41, 5.74) is 1.91. The van der Waals surface area contributed by atoms with Gasteiger partial charge in [-0.15, -0.1) is 0 Å². The molecular weight excluding hydrogens is 306 g/mol. The number of para-hydroxylation sites is 2. The molecule has 0 N–H and O–H groups in total. The topological polar surface area (TPSA) is 56.6 Å². The van der Waals surface area contributed by atoms with Crippen molar-refractivity contribution in [3.05, 3.63) is 41.7 Å². The maximum absolute atomic E-state index is 12.6. The Morgan fingerprint density at radius 3 is 2.75 bits per heavy atom.